The van der Waals surface area contributed by atoms with Crippen LogP contribution in [-0.2, 0) is 19.9 Å². The van der Waals surface area contributed by atoms with Crippen molar-refractivity contribution < 1.29 is 32.0 Å². The molecule has 2 atom stereocenters. The van der Waals surface area contributed by atoms with Gasteiger partial charge in [0.1, 0.15) is 5.69 Å². The molecule has 2 saturated heterocycles. The van der Waals surface area contributed by atoms with Crippen molar-refractivity contribution in [1.82, 2.24) is 40.1 Å². The van der Waals surface area contributed by atoms with Crippen molar-refractivity contribution in [1.29, 1.82) is 0 Å². The van der Waals surface area contributed by atoms with Crippen molar-refractivity contribution >= 4 is 23.5 Å². The first-order valence-corrected chi connectivity index (χ1v) is 13.0. The van der Waals surface area contributed by atoms with Gasteiger partial charge >= 0.3 is 12.1 Å². The number of carbonyl (C=O) groups is 2. The Morgan fingerprint density at radius 2 is 1.98 bits per heavy atom. The number of amides is 1. The minimum atomic E-state index is -5.30. The van der Waals surface area contributed by atoms with Crippen LogP contribution in [0, 0.1) is 0 Å². The van der Waals surface area contributed by atoms with Crippen LogP contribution in [0.3, 0.4) is 0 Å². The number of pyridine rings is 1. The number of halogens is 3. The van der Waals surface area contributed by atoms with Gasteiger partial charge in [0.15, 0.2) is 5.76 Å². The predicted octanol–water partition coefficient (Wildman–Crippen LogP) is 2.83. The van der Waals surface area contributed by atoms with Crippen LogP contribution in [0.4, 0.5) is 24.8 Å². The highest BCUT2D eigenvalue weighted by molar-refractivity contribution is 5.91. The lowest BCUT2D eigenvalue weighted by Crippen LogP contribution is -2.43. The van der Waals surface area contributed by atoms with Crippen molar-refractivity contribution in [2.45, 2.75) is 30.7 Å². The zero-order chi connectivity index (χ0) is 29.5. The van der Waals surface area contributed by atoms with E-state index in [9.17, 15) is 22.8 Å². The van der Waals surface area contributed by atoms with Gasteiger partial charge in [-0.3, -0.25) is 9.48 Å². The topological polar surface area (TPSA) is 153 Å². The molecule has 2 aliphatic rings. The maximum absolute atomic E-state index is 13.0. The maximum atomic E-state index is 13.0. The number of hydrogen-bond acceptors (Lipinski definition) is 11. The fourth-order valence-corrected chi connectivity index (χ4v) is 4.90. The molecule has 0 radical (unpaired) electrons. The molecule has 42 heavy (non-hydrogen) atoms. The standard InChI is InChI=1S/C26H24F3N9O4/c1-37-10-7-25(22(37)39,41-23(40)26(27,28)29)21-11-20(36-42-21)18-4-2-3-17(34-18)19-6-9-31-24(35-19)33-15-12-32-38(14-15)16-5-8-30-13-16/h2-4,6,9,11-12,14,16,30H,5,7-8,10,13H2,1H3,(H,31,33,35)/t16?,25-/m1/s1. The summed E-state index contributed by atoms with van der Waals surface area (Å²) in [7, 11) is 1.39. The predicted molar refractivity (Wildman–Crippen MR) is 139 cm³/mol. The van der Waals surface area contributed by atoms with E-state index in [0.717, 1.165) is 30.1 Å². The summed E-state index contributed by atoms with van der Waals surface area (Å²) < 4.78 is 51.0. The monoisotopic (exact) mass is 583 g/mol. The molecule has 218 valence electrons. The molecule has 1 unspecified atom stereocenters. The van der Waals surface area contributed by atoms with Crippen molar-refractivity contribution in [3.8, 4) is 22.8 Å². The lowest BCUT2D eigenvalue weighted by atomic mass is 9.98. The fourth-order valence-electron chi connectivity index (χ4n) is 4.90. The number of rotatable bonds is 7. The third kappa shape index (κ3) is 5.15. The summed E-state index contributed by atoms with van der Waals surface area (Å²) in [5, 5.41) is 14.8. The van der Waals surface area contributed by atoms with Crippen molar-refractivity contribution in [3.05, 3.63) is 54.7 Å². The molecule has 1 amide bonds. The van der Waals surface area contributed by atoms with Crippen LogP contribution in [-0.4, -0.2) is 79.5 Å². The van der Waals surface area contributed by atoms with Gasteiger partial charge in [0.2, 0.25) is 5.95 Å². The summed E-state index contributed by atoms with van der Waals surface area (Å²) >= 11 is 0. The molecule has 16 heteroatoms. The van der Waals surface area contributed by atoms with Gasteiger partial charge in [-0.05, 0) is 31.2 Å². The number of alkyl halides is 3. The zero-order valence-corrected chi connectivity index (χ0v) is 22.1. The number of aromatic nitrogens is 6. The Labute approximate surface area is 236 Å². The van der Waals surface area contributed by atoms with E-state index in [4.69, 9.17) is 9.26 Å². The molecule has 6 heterocycles. The largest absolute Gasteiger partial charge is 0.490 e. The SMILES string of the molecule is CN1CC[C@@](OC(=O)C(F)(F)F)(c2cc(-c3cccc(-c4ccnc(Nc5cnn(C6CCNC6)c5)n4)n3)no2)C1=O. The Morgan fingerprint density at radius 3 is 2.69 bits per heavy atom. The fraction of sp³-hybridized carbons (Fsp3) is 0.346. The summed E-state index contributed by atoms with van der Waals surface area (Å²) in [4.78, 5) is 39.1. The average molecular weight is 584 g/mol. The van der Waals surface area contributed by atoms with Crippen LogP contribution in [0.1, 0.15) is 24.6 Å². The van der Waals surface area contributed by atoms with Gasteiger partial charge in [0.25, 0.3) is 11.5 Å². The maximum Gasteiger partial charge on any atom is 0.490 e. The Morgan fingerprint density at radius 1 is 1.19 bits per heavy atom. The van der Waals surface area contributed by atoms with Crippen molar-refractivity contribution in [3.63, 3.8) is 0 Å². The summed E-state index contributed by atoms with van der Waals surface area (Å²) in [6.45, 7) is 1.85. The number of anilines is 2. The lowest BCUT2D eigenvalue weighted by molar-refractivity contribution is -0.216. The molecule has 0 aromatic carbocycles. The molecule has 2 aliphatic heterocycles. The van der Waals surface area contributed by atoms with Gasteiger partial charge in [-0.15, -0.1) is 0 Å². The first-order valence-electron chi connectivity index (χ1n) is 13.0. The second kappa shape index (κ2) is 10.5. The van der Waals surface area contributed by atoms with Gasteiger partial charge < -0.3 is 24.8 Å². The molecular formula is C26H24F3N9O4. The summed E-state index contributed by atoms with van der Waals surface area (Å²) in [6.07, 6.45) is 0.613. The van der Waals surface area contributed by atoms with Gasteiger partial charge in [-0.25, -0.2) is 19.7 Å². The second-order valence-corrected chi connectivity index (χ2v) is 9.92. The Hall–Kier alpha value is -4.86. The number of likely N-dealkylation sites (tertiary alicyclic amines) is 1. The normalized spacial score (nSPS) is 20.7. The molecule has 4 aromatic rings. The van der Waals surface area contributed by atoms with E-state index in [1.54, 1.807) is 36.7 Å². The highest BCUT2D eigenvalue weighted by atomic mass is 19.4. The second-order valence-electron chi connectivity index (χ2n) is 9.92. The van der Waals surface area contributed by atoms with Crippen LogP contribution in [0.15, 0.2) is 53.4 Å². The van der Waals surface area contributed by atoms with E-state index in [1.165, 1.54) is 13.1 Å². The highest BCUT2D eigenvalue weighted by Crippen LogP contribution is 2.40. The third-order valence-electron chi connectivity index (χ3n) is 7.09. The van der Waals surface area contributed by atoms with E-state index >= 15 is 0 Å². The van der Waals surface area contributed by atoms with Gasteiger partial charge in [0, 0.05) is 45.0 Å². The lowest BCUT2D eigenvalue weighted by Gasteiger charge is -2.24. The van der Waals surface area contributed by atoms with Crippen molar-refractivity contribution in [2.24, 2.45) is 0 Å². The Balaban J connectivity index is 1.24. The summed E-state index contributed by atoms with van der Waals surface area (Å²) in [5.41, 5.74) is -0.225. The third-order valence-corrected chi connectivity index (χ3v) is 7.09. The number of nitrogens with one attached hydrogen (secondary N) is 2. The minimum Gasteiger partial charge on any atom is -0.434 e. The van der Waals surface area contributed by atoms with Crippen LogP contribution in [0.2, 0.25) is 0 Å². The average Bonchev–Trinajstić information content (AvgIpc) is 3.79. The van der Waals surface area contributed by atoms with Crippen LogP contribution in [0.5, 0.6) is 0 Å². The van der Waals surface area contributed by atoms with Crippen LogP contribution >= 0.6 is 0 Å². The number of carbonyl (C=O) groups excluding carboxylic acids is 2. The van der Waals surface area contributed by atoms with Gasteiger partial charge in [0.05, 0.1) is 35.0 Å². The molecule has 0 aliphatic carbocycles. The molecule has 6 rings (SSSR count). The molecule has 4 aromatic heterocycles. The number of likely N-dealkylation sites (N-methyl/N-ethyl adjacent to an activating group) is 1. The number of ether oxygens (including phenoxy) is 1. The molecular weight excluding hydrogens is 559 g/mol. The minimum absolute atomic E-state index is 0.0520. The van der Waals surface area contributed by atoms with Gasteiger partial charge in [-0.1, -0.05) is 11.2 Å². The Bertz CT molecular complexity index is 1630. The number of nitrogens with zero attached hydrogens (tertiary/aromatic N) is 7. The van der Waals surface area contributed by atoms with Gasteiger partial charge in [-0.2, -0.15) is 18.3 Å². The summed E-state index contributed by atoms with van der Waals surface area (Å²) in [6, 6.07) is 8.21. The van der Waals surface area contributed by atoms with Crippen molar-refractivity contribution in [2.75, 3.05) is 32.0 Å². The molecule has 2 N–H and O–H groups in total. The number of esters is 1. The van der Waals surface area contributed by atoms with Crippen LogP contribution < -0.4 is 10.6 Å². The van der Waals surface area contributed by atoms with E-state index in [-0.39, 0.29) is 36.2 Å². The molecule has 0 spiro atoms. The molecule has 2 fully saturated rings. The number of hydrogen-bond donors (Lipinski definition) is 2. The molecule has 0 saturated carbocycles. The summed E-state index contributed by atoms with van der Waals surface area (Å²) in [5.74, 6) is -3.36. The van der Waals surface area contributed by atoms with E-state index in [0.29, 0.717) is 17.3 Å². The quantitative estimate of drug-likeness (QED) is 0.309. The Kier molecular flexibility index (Phi) is 6.84. The molecule has 13 nitrogen and oxygen atoms in total. The van der Waals surface area contributed by atoms with E-state index < -0.39 is 23.7 Å². The van der Waals surface area contributed by atoms with E-state index in [1.807, 2.05) is 10.9 Å². The van der Waals surface area contributed by atoms with E-state index in [2.05, 4.69) is 35.8 Å². The van der Waals surface area contributed by atoms with Crippen LogP contribution in [0.25, 0.3) is 22.8 Å². The first-order chi connectivity index (χ1) is 20.1. The molecule has 0 bridgehead atoms. The zero-order valence-electron chi connectivity index (χ0n) is 22.1. The first kappa shape index (κ1) is 27.3. The smallest absolute Gasteiger partial charge is 0.434 e. The highest BCUT2D eigenvalue weighted by Gasteiger charge is 2.57.